The molecule has 0 spiro atoms. The molecule has 0 radical (unpaired) electrons. The van der Waals surface area contributed by atoms with E-state index < -0.39 is 0 Å². The molecule has 0 N–H and O–H groups in total. The summed E-state index contributed by atoms with van der Waals surface area (Å²) in [7, 11) is 0. The number of hydrogen-bond acceptors (Lipinski definition) is 0. The molecule has 106 valence electrons. The van der Waals surface area contributed by atoms with Crippen LogP contribution in [0.4, 0.5) is 0 Å². The molecule has 0 nitrogen and oxygen atoms in total. The molecule has 0 amide bonds. The van der Waals surface area contributed by atoms with E-state index in [0.29, 0.717) is 0 Å². The minimum absolute atomic E-state index is 1.04. The van der Waals surface area contributed by atoms with E-state index >= 15 is 0 Å². The molecule has 21 heavy (non-hydrogen) atoms. The highest BCUT2D eigenvalue weighted by Gasteiger charge is 2.11. The van der Waals surface area contributed by atoms with Gasteiger partial charge in [-0.15, -0.1) is 0 Å². The zero-order valence-electron chi connectivity index (χ0n) is 12.9. The molecule has 1 aliphatic rings. The van der Waals surface area contributed by atoms with Gasteiger partial charge in [-0.25, -0.2) is 0 Å². The van der Waals surface area contributed by atoms with Crippen LogP contribution >= 0.6 is 0 Å². The molecule has 0 bridgehead atoms. The smallest absolute Gasteiger partial charge is 0.00139 e. The largest absolute Gasteiger partial charge is 0.0613 e. The zero-order chi connectivity index (χ0) is 14.7. The fraction of sp³-hybridized carbons (Fsp3) is 0.238. The summed E-state index contributed by atoms with van der Waals surface area (Å²) in [5, 5.41) is 0. The molecule has 2 aromatic carbocycles. The lowest BCUT2D eigenvalue weighted by Crippen LogP contribution is -1.87. The third-order valence-electron chi connectivity index (χ3n) is 4.33. The quantitative estimate of drug-likeness (QED) is 0.672. The van der Waals surface area contributed by atoms with Crippen LogP contribution in [0.15, 0.2) is 60.7 Å². The summed E-state index contributed by atoms with van der Waals surface area (Å²) in [6.07, 6.45) is 7.78. The highest BCUT2D eigenvalue weighted by Crippen LogP contribution is 2.34. The van der Waals surface area contributed by atoms with Gasteiger partial charge < -0.3 is 0 Å². The predicted molar refractivity (Wildman–Crippen MR) is 92.2 cm³/mol. The van der Waals surface area contributed by atoms with E-state index in [2.05, 4.69) is 74.5 Å². The molecule has 0 aromatic heterocycles. The Bertz CT molecular complexity index is 605. The molecule has 1 aliphatic carbocycles. The Hall–Kier alpha value is -2.08. The van der Waals surface area contributed by atoms with Crippen molar-refractivity contribution in [2.75, 3.05) is 0 Å². The lowest BCUT2D eigenvalue weighted by Gasteiger charge is -2.08. The van der Waals surface area contributed by atoms with Gasteiger partial charge in [-0.1, -0.05) is 74.5 Å². The second-order valence-electron chi connectivity index (χ2n) is 5.66. The first kappa shape index (κ1) is 13.9. The van der Waals surface area contributed by atoms with Crippen LogP contribution in [0.5, 0.6) is 0 Å². The minimum Gasteiger partial charge on any atom is -0.0613 e. The molecule has 0 heteroatoms. The Kier molecular flexibility index (Phi) is 4.06. The van der Waals surface area contributed by atoms with E-state index in [1.54, 1.807) is 0 Å². The summed E-state index contributed by atoms with van der Waals surface area (Å²) in [6, 6.07) is 18.0. The molecule has 0 saturated carbocycles. The molecule has 0 saturated heterocycles. The molecule has 0 heterocycles. The zero-order valence-corrected chi connectivity index (χ0v) is 12.9. The molecular weight excluding hydrogens is 252 g/mol. The highest BCUT2D eigenvalue weighted by molar-refractivity contribution is 5.86. The minimum atomic E-state index is 1.04. The molecule has 2 aromatic rings. The van der Waals surface area contributed by atoms with Gasteiger partial charge in [0.2, 0.25) is 0 Å². The van der Waals surface area contributed by atoms with Crippen LogP contribution in [0.2, 0.25) is 0 Å². The Morgan fingerprint density at radius 3 is 1.33 bits per heavy atom. The van der Waals surface area contributed by atoms with E-state index in [-0.39, 0.29) is 0 Å². The van der Waals surface area contributed by atoms with E-state index in [4.69, 9.17) is 0 Å². The maximum absolute atomic E-state index is 2.27. The van der Waals surface area contributed by atoms with Gasteiger partial charge in [-0.05, 0) is 52.7 Å². The average Bonchev–Trinajstić information content (AvgIpc) is 3.05. The van der Waals surface area contributed by atoms with Crippen molar-refractivity contribution in [3.05, 3.63) is 82.9 Å². The van der Waals surface area contributed by atoms with Crippen LogP contribution in [-0.4, -0.2) is 0 Å². The summed E-state index contributed by atoms with van der Waals surface area (Å²) in [5.41, 5.74) is 8.35. The molecule has 0 unspecified atom stereocenters. The molecule has 0 atom stereocenters. The van der Waals surface area contributed by atoms with Crippen molar-refractivity contribution in [1.29, 1.82) is 0 Å². The maximum atomic E-state index is 2.27. The summed E-state index contributed by atoms with van der Waals surface area (Å²) >= 11 is 0. The molecular formula is C21H22. The number of aryl methyl sites for hydroxylation is 2. The van der Waals surface area contributed by atoms with Gasteiger partial charge in [-0.3, -0.25) is 0 Å². The van der Waals surface area contributed by atoms with E-state index in [0.717, 1.165) is 19.3 Å². The fourth-order valence-corrected chi connectivity index (χ4v) is 2.83. The number of hydrogen-bond donors (Lipinski definition) is 0. The van der Waals surface area contributed by atoms with Gasteiger partial charge in [0.15, 0.2) is 0 Å². The molecule has 3 rings (SSSR count). The Labute approximate surface area is 127 Å². The Morgan fingerprint density at radius 1 is 0.619 bits per heavy atom. The average molecular weight is 274 g/mol. The van der Waals surface area contributed by atoms with Gasteiger partial charge in [0.05, 0.1) is 0 Å². The Morgan fingerprint density at radius 2 is 1.00 bits per heavy atom. The monoisotopic (exact) mass is 274 g/mol. The van der Waals surface area contributed by atoms with Gasteiger partial charge in [-0.2, -0.15) is 0 Å². The van der Waals surface area contributed by atoms with Crippen molar-refractivity contribution in [2.24, 2.45) is 0 Å². The summed E-state index contributed by atoms with van der Waals surface area (Å²) in [6.45, 7) is 4.40. The lowest BCUT2D eigenvalue weighted by atomic mass is 9.97. The van der Waals surface area contributed by atoms with E-state index in [9.17, 15) is 0 Å². The van der Waals surface area contributed by atoms with E-state index in [1.807, 2.05) is 0 Å². The number of rotatable bonds is 4. The van der Waals surface area contributed by atoms with Crippen LogP contribution in [0, 0.1) is 0 Å². The van der Waals surface area contributed by atoms with Crippen molar-refractivity contribution in [2.45, 2.75) is 33.1 Å². The normalized spacial score (nSPS) is 14.0. The van der Waals surface area contributed by atoms with Crippen molar-refractivity contribution in [3.63, 3.8) is 0 Å². The first-order chi connectivity index (χ1) is 10.3. The third kappa shape index (κ3) is 3.00. The second-order valence-corrected chi connectivity index (χ2v) is 5.66. The first-order valence-electron chi connectivity index (χ1n) is 7.88. The number of allylic oxidation sites excluding steroid dienone is 4. The van der Waals surface area contributed by atoms with Gasteiger partial charge >= 0.3 is 0 Å². The van der Waals surface area contributed by atoms with Crippen molar-refractivity contribution in [3.8, 4) is 0 Å². The van der Waals surface area contributed by atoms with E-state index in [1.165, 1.54) is 33.4 Å². The highest BCUT2D eigenvalue weighted by atomic mass is 14.2. The van der Waals surface area contributed by atoms with Crippen LogP contribution < -0.4 is 0 Å². The maximum Gasteiger partial charge on any atom is -0.00139 e. The Balaban J connectivity index is 1.73. The third-order valence-corrected chi connectivity index (χ3v) is 4.33. The van der Waals surface area contributed by atoms with Gasteiger partial charge in [0.25, 0.3) is 0 Å². The summed E-state index contributed by atoms with van der Waals surface area (Å²) < 4.78 is 0. The van der Waals surface area contributed by atoms with Crippen LogP contribution in [0.3, 0.4) is 0 Å². The van der Waals surface area contributed by atoms with Crippen molar-refractivity contribution in [1.82, 2.24) is 0 Å². The van der Waals surface area contributed by atoms with Crippen LogP contribution in [0.25, 0.3) is 11.1 Å². The topological polar surface area (TPSA) is 0 Å². The van der Waals surface area contributed by atoms with Gasteiger partial charge in [0.1, 0.15) is 0 Å². The van der Waals surface area contributed by atoms with Crippen LogP contribution in [0.1, 0.15) is 42.5 Å². The standard InChI is InChI=1S/C21H22/c1-3-16-5-9-18(10-6-16)20-13-14-21(15-20)19-11-7-17(4-2)8-12-19/h5-14H,3-4,15H2,1-2H3. The lowest BCUT2D eigenvalue weighted by molar-refractivity contribution is 1.14. The summed E-state index contributed by atoms with van der Waals surface area (Å²) in [4.78, 5) is 0. The van der Waals surface area contributed by atoms with Crippen molar-refractivity contribution < 1.29 is 0 Å². The van der Waals surface area contributed by atoms with Gasteiger partial charge in [0, 0.05) is 0 Å². The molecule has 0 fully saturated rings. The van der Waals surface area contributed by atoms with Crippen LogP contribution in [-0.2, 0) is 12.8 Å². The number of benzene rings is 2. The fourth-order valence-electron chi connectivity index (χ4n) is 2.83. The first-order valence-corrected chi connectivity index (χ1v) is 7.88. The summed E-state index contributed by atoms with van der Waals surface area (Å²) in [5.74, 6) is 0. The predicted octanol–water partition coefficient (Wildman–Crippen LogP) is 5.68. The van der Waals surface area contributed by atoms with Crippen molar-refractivity contribution >= 4 is 11.1 Å². The molecule has 0 aliphatic heterocycles. The second kappa shape index (κ2) is 6.13. The SMILES string of the molecule is CCc1ccc(C2=CC=C(c3ccc(CC)cc3)C2)cc1.